The summed E-state index contributed by atoms with van der Waals surface area (Å²) in [6.45, 7) is 11.1. The van der Waals surface area contributed by atoms with Crippen molar-refractivity contribution in [2.75, 3.05) is 26.2 Å². The minimum atomic E-state index is 0.403. The van der Waals surface area contributed by atoms with Crippen molar-refractivity contribution in [3.8, 4) is 0 Å². The van der Waals surface area contributed by atoms with Crippen LogP contribution in [-0.2, 0) is 4.79 Å². The first-order valence-corrected chi connectivity index (χ1v) is 9.54. The number of likely N-dealkylation sites (tertiary alicyclic amines) is 1. The Labute approximate surface area is 137 Å². The van der Waals surface area contributed by atoms with Crippen molar-refractivity contribution in [3.05, 3.63) is 0 Å². The maximum Gasteiger partial charge on any atom is 0.222 e. The van der Waals surface area contributed by atoms with Gasteiger partial charge in [-0.3, -0.25) is 4.79 Å². The average molecular weight is 309 g/mol. The van der Waals surface area contributed by atoms with Crippen LogP contribution >= 0.6 is 0 Å². The molecule has 0 radical (unpaired) electrons. The molecule has 0 bridgehead atoms. The zero-order valence-electron chi connectivity index (χ0n) is 14.9. The van der Waals surface area contributed by atoms with E-state index in [1.165, 1.54) is 38.5 Å². The standard InChI is InChI=1S/C19H36N2O/c1-15(2)6-7-17-8-11-21(12-9-17)19(22)13-16(3)18-5-4-10-20-14-18/h15-18,20H,4-14H2,1-3H3. The third kappa shape index (κ3) is 5.57. The third-order valence-corrected chi connectivity index (χ3v) is 5.76. The Hall–Kier alpha value is -0.570. The maximum absolute atomic E-state index is 12.5. The van der Waals surface area contributed by atoms with Crippen molar-refractivity contribution in [2.24, 2.45) is 23.7 Å². The van der Waals surface area contributed by atoms with E-state index in [-0.39, 0.29) is 0 Å². The van der Waals surface area contributed by atoms with Crippen LogP contribution in [0.3, 0.4) is 0 Å². The summed E-state index contributed by atoms with van der Waals surface area (Å²) in [6.07, 6.45) is 8.44. The van der Waals surface area contributed by atoms with E-state index in [2.05, 4.69) is 31.0 Å². The molecule has 0 aromatic carbocycles. The van der Waals surface area contributed by atoms with E-state index in [9.17, 15) is 4.79 Å². The summed E-state index contributed by atoms with van der Waals surface area (Å²) < 4.78 is 0. The van der Waals surface area contributed by atoms with Crippen molar-refractivity contribution < 1.29 is 4.79 Å². The fourth-order valence-electron chi connectivity index (χ4n) is 3.98. The molecule has 2 rings (SSSR count). The van der Waals surface area contributed by atoms with Crippen molar-refractivity contribution in [3.63, 3.8) is 0 Å². The van der Waals surface area contributed by atoms with E-state index in [1.54, 1.807) is 0 Å². The van der Waals surface area contributed by atoms with Gasteiger partial charge in [0, 0.05) is 19.5 Å². The number of amides is 1. The van der Waals surface area contributed by atoms with Gasteiger partial charge < -0.3 is 10.2 Å². The molecule has 1 amide bonds. The number of piperidine rings is 2. The van der Waals surface area contributed by atoms with Crippen molar-refractivity contribution in [1.82, 2.24) is 10.2 Å². The van der Waals surface area contributed by atoms with Gasteiger partial charge in [-0.05, 0) is 62.4 Å². The van der Waals surface area contributed by atoms with Gasteiger partial charge in [0.1, 0.15) is 0 Å². The predicted molar refractivity (Wildman–Crippen MR) is 92.8 cm³/mol. The summed E-state index contributed by atoms with van der Waals surface area (Å²) in [5.74, 6) is 3.29. The largest absolute Gasteiger partial charge is 0.343 e. The number of hydrogen-bond donors (Lipinski definition) is 1. The van der Waals surface area contributed by atoms with Gasteiger partial charge in [0.15, 0.2) is 0 Å². The number of hydrogen-bond acceptors (Lipinski definition) is 2. The molecular formula is C19H36N2O. The molecule has 2 fully saturated rings. The number of nitrogens with zero attached hydrogens (tertiary/aromatic N) is 1. The Kier molecular flexibility index (Phi) is 7.20. The van der Waals surface area contributed by atoms with Crippen molar-refractivity contribution >= 4 is 5.91 Å². The summed E-state index contributed by atoms with van der Waals surface area (Å²) in [6, 6.07) is 0. The van der Waals surface area contributed by atoms with E-state index in [0.717, 1.165) is 44.4 Å². The first-order valence-electron chi connectivity index (χ1n) is 9.54. The van der Waals surface area contributed by atoms with Crippen LogP contribution in [0.5, 0.6) is 0 Å². The van der Waals surface area contributed by atoms with E-state index in [4.69, 9.17) is 0 Å². The zero-order valence-corrected chi connectivity index (χ0v) is 14.9. The lowest BCUT2D eigenvalue weighted by molar-refractivity contribution is -0.134. The molecule has 3 heteroatoms. The summed E-state index contributed by atoms with van der Waals surface area (Å²) in [4.78, 5) is 14.7. The molecule has 2 aliphatic rings. The molecule has 0 aromatic rings. The van der Waals surface area contributed by atoms with E-state index < -0.39 is 0 Å². The molecule has 0 saturated carbocycles. The fourth-order valence-corrected chi connectivity index (χ4v) is 3.98. The van der Waals surface area contributed by atoms with Crippen LogP contribution < -0.4 is 5.32 Å². The average Bonchev–Trinajstić information content (AvgIpc) is 2.54. The Morgan fingerprint density at radius 2 is 1.91 bits per heavy atom. The molecule has 2 unspecified atom stereocenters. The van der Waals surface area contributed by atoms with Crippen LogP contribution in [0.2, 0.25) is 0 Å². The highest BCUT2D eigenvalue weighted by Gasteiger charge is 2.27. The summed E-state index contributed by atoms with van der Waals surface area (Å²) in [5, 5.41) is 3.47. The molecule has 1 N–H and O–H groups in total. The highest BCUT2D eigenvalue weighted by molar-refractivity contribution is 5.76. The number of rotatable bonds is 6. The second-order valence-corrected chi connectivity index (χ2v) is 8.08. The van der Waals surface area contributed by atoms with Gasteiger partial charge in [-0.25, -0.2) is 0 Å². The first kappa shape index (κ1) is 17.8. The zero-order chi connectivity index (χ0) is 15.9. The van der Waals surface area contributed by atoms with E-state index in [1.807, 2.05) is 0 Å². The van der Waals surface area contributed by atoms with Gasteiger partial charge in [0.2, 0.25) is 5.91 Å². The van der Waals surface area contributed by atoms with E-state index >= 15 is 0 Å². The molecule has 0 aromatic heterocycles. The predicted octanol–water partition coefficient (Wildman–Crippen LogP) is 3.69. The molecular weight excluding hydrogens is 272 g/mol. The molecule has 2 heterocycles. The normalized spacial score (nSPS) is 25.5. The number of carbonyl (C=O) groups excluding carboxylic acids is 1. The molecule has 22 heavy (non-hydrogen) atoms. The van der Waals surface area contributed by atoms with Crippen LogP contribution in [0.1, 0.15) is 65.7 Å². The minimum Gasteiger partial charge on any atom is -0.343 e. The van der Waals surface area contributed by atoms with Crippen molar-refractivity contribution in [1.29, 1.82) is 0 Å². The Balaban J connectivity index is 1.68. The summed E-state index contributed by atoms with van der Waals surface area (Å²) in [5.41, 5.74) is 0. The second kappa shape index (κ2) is 8.90. The van der Waals surface area contributed by atoms with Gasteiger partial charge >= 0.3 is 0 Å². The Morgan fingerprint density at radius 3 is 2.50 bits per heavy atom. The van der Waals surface area contributed by atoms with Crippen LogP contribution in [0.15, 0.2) is 0 Å². The lowest BCUT2D eigenvalue weighted by Crippen LogP contribution is -2.41. The first-order chi connectivity index (χ1) is 10.6. The molecule has 3 nitrogen and oxygen atoms in total. The maximum atomic E-state index is 12.5. The molecule has 2 saturated heterocycles. The van der Waals surface area contributed by atoms with Gasteiger partial charge in [-0.2, -0.15) is 0 Å². The van der Waals surface area contributed by atoms with Crippen LogP contribution in [0.4, 0.5) is 0 Å². The highest BCUT2D eigenvalue weighted by Crippen LogP contribution is 2.27. The van der Waals surface area contributed by atoms with Crippen LogP contribution in [0, 0.1) is 23.7 Å². The lowest BCUT2D eigenvalue weighted by atomic mass is 9.84. The van der Waals surface area contributed by atoms with Gasteiger partial charge in [0.05, 0.1) is 0 Å². The smallest absolute Gasteiger partial charge is 0.222 e. The van der Waals surface area contributed by atoms with Gasteiger partial charge in [-0.1, -0.05) is 33.6 Å². The number of carbonyl (C=O) groups is 1. The highest BCUT2D eigenvalue weighted by atomic mass is 16.2. The Morgan fingerprint density at radius 1 is 1.18 bits per heavy atom. The molecule has 2 atom stereocenters. The van der Waals surface area contributed by atoms with Crippen LogP contribution in [0.25, 0.3) is 0 Å². The fraction of sp³-hybridized carbons (Fsp3) is 0.947. The SMILES string of the molecule is CC(C)CCC1CCN(C(=O)CC(C)C2CCCNC2)CC1. The minimum absolute atomic E-state index is 0.403. The quantitative estimate of drug-likeness (QED) is 0.811. The summed E-state index contributed by atoms with van der Waals surface area (Å²) >= 11 is 0. The molecule has 2 aliphatic heterocycles. The topological polar surface area (TPSA) is 32.3 Å². The third-order valence-electron chi connectivity index (χ3n) is 5.76. The Bertz CT molecular complexity index is 328. The molecule has 128 valence electrons. The summed E-state index contributed by atoms with van der Waals surface area (Å²) in [7, 11) is 0. The van der Waals surface area contributed by atoms with Crippen LogP contribution in [-0.4, -0.2) is 37.0 Å². The molecule has 0 spiro atoms. The van der Waals surface area contributed by atoms with Gasteiger partial charge in [-0.15, -0.1) is 0 Å². The second-order valence-electron chi connectivity index (χ2n) is 8.08. The number of nitrogens with one attached hydrogen (secondary N) is 1. The van der Waals surface area contributed by atoms with Gasteiger partial charge in [0.25, 0.3) is 0 Å². The molecule has 0 aliphatic carbocycles. The lowest BCUT2D eigenvalue weighted by Gasteiger charge is -2.34. The van der Waals surface area contributed by atoms with E-state index in [0.29, 0.717) is 17.7 Å². The monoisotopic (exact) mass is 308 g/mol. The van der Waals surface area contributed by atoms with Crippen molar-refractivity contribution in [2.45, 2.75) is 65.7 Å².